The van der Waals surface area contributed by atoms with Crippen LogP contribution in [0.4, 0.5) is 20.2 Å². The Labute approximate surface area is 153 Å². The van der Waals surface area contributed by atoms with Crippen LogP contribution in [0.25, 0.3) is 0 Å². The van der Waals surface area contributed by atoms with Crippen LogP contribution in [0.1, 0.15) is 19.4 Å². The van der Waals surface area contributed by atoms with Crippen LogP contribution in [0, 0.1) is 11.6 Å². The Hall–Kier alpha value is -2.47. The molecular formula is C20H25F2N4+. The lowest BCUT2D eigenvalue weighted by Crippen LogP contribution is -3.14. The molecule has 138 valence electrons. The van der Waals surface area contributed by atoms with Gasteiger partial charge in [0, 0.05) is 5.56 Å². The van der Waals surface area contributed by atoms with Crippen molar-refractivity contribution in [3.8, 4) is 0 Å². The van der Waals surface area contributed by atoms with Gasteiger partial charge in [0.1, 0.15) is 11.6 Å². The molecule has 0 bridgehead atoms. The third-order valence-corrected chi connectivity index (χ3v) is 4.87. The first-order chi connectivity index (χ1) is 12.6. The maximum absolute atomic E-state index is 14.6. The van der Waals surface area contributed by atoms with Crippen LogP contribution < -0.4 is 15.2 Å². The zero-order chi connectivity index (χ0) is 18.5. The highest BCUT2D eigenvalue weighted by atomic mass is 19.1. The van der Waals surface area contributed by atoms with E-state index >= 15 is 0 Å². The molecule has 1 saturated heterocycles. The summed E-state index contributed by atoms with van der Waals surface area (Å²) in [5.41, 5.74) is 5.59. The molecule has 4 nitrogen and oxygen atoms in total. The predicted molar refractivity (Wildman–Crippen MR) is 102 cm³/mol. The Morgan fingerprint density at radius 1 is 1.12 bits per heavy atom. The van der Waals surface area contributed by atoms with Gasteiger partial charge in [-0.1, -0.05) is 6.07 Å². The monoisotopic (exact) mass is 359 g/mol. The van der Waals surface area contributed by atoms with E-state index in [-0.39, 0.29) is 11.6 Å². The summed E-state index contributed by atoms with van der Waals surface area (Å²) < 4.78 is 27.5. The molecule has 1 aliphatic heterocycles. The predicted octanol–water partition coefficient (Wildman–Crippen LogP) is 2.53. The lowest BCUT2D eigenvalue weighted by molar-refractivity contribution is -0.898. The summed E-state index contributed by atoms with van der Waals surface area (Å²) in [6, 6.07) is 11.2. The van der Waals surface area contributed by atoms with Crippen LogP contribution in [0.15, 0.2) is 47.6 Å². The van der Waals surface area contributed by atoms with E-state index in [1.54, 1.807) is 17.0 Å². The molecule has 0 atom stereocenters. The van der Waals surface area contributed by atoms with Gasteiger partial charge < -0.3 is 9.80 Å². The average Bonchev–Trinajstić information content (AvgIpc) is 2.67. The van der Waals surface area contributed by atoms with Gasteiger partial charge in [0.15, 0.2) is 0 Å². The second-order valence-electron chi connectivity index (χ2n) is 6.57. The molecule has 1 heterocycles. The van der Waals surface area contributed by atoms with Crippen LogP contribution in [-0.4, -0.2) is 38.4 Å². The SMILES string of the molecule is CC[NH+]1CCN(c2ccc(/C(C)=N\Nc3ccc(F)cc3)cc2F)CC1. The van der Waals surface area contributed by atoms with Gasteiger partial charge in [0.2, 0.25) is 0 Å². The number of nitrogens with one attached hydrogen (secondary N) is 2. The van der Waals surface area contributed by atoms with Gasteiger partial charge in [-0.15, -0.1) is 0 Å². The molecule has 3 rings (SSSR count). The van der Waals surface area contributed by atoms with Crippen LogP contribution in [-0.2, 0) is 0 Å². The Bertz CT molecular complexity index is 766. The number of hydrogen-bond acceptors (Lipinski definition) is 3. The lowest BCUT2D eigenvalue weighted by Gasteiger charge is -2.33. The molecule has 0 aliphatic carbocycles. The molecule has 0 aromatic heterocycles. The largest absolute Gasteiger partial charge is 0.358 e. The molecular weight excluding hydrogens is 334 g/mol. The van der Waals surface area contributed by atoms with E-state index in [1.165, 1.54) is 18.2 Å². The van der Waals surface area contributed by atoms with Crippen molar-refractivity contribution in [1.29, 1.82) is 0 Å². The molecule has 6 heteroatoms. The number of benzene rings is 2. The number of piperazine rings is 1. The van der Waals surface area contributed by atoms with Crippen LogP contribution in [0.5, 0.6) is 0 Å². The zero-order valence-electron chi connectivity index (χ0n) is 15.2. The summed E-state index contributed by atoms with van der Waals surface area (Å²) in [6.45, 7) is 8.94. The maximum atomic E-state index is 14.6. The minimum absolute atomic E-state index is 0.223. The summed E-state index contributed by atoms with van der Waals surface area (Å²) in [7, 11) is 0. The molecule has 26 heavy (non-hydrogen) atoms. The van der Waals surface area contributed by atoms with Crippen LogP contribution >= 0.6 is 0 Å². The first kappa shape index (κ1) is 18.3. The van der Waals surface area contributed by atoms with Crippen molar-refractivity contribution in [1.82, 2.24) is 0 Å². The van der Waals surface area contributed by atoms with Crippen molar-refractivity contribution in [3.63, 3.8) is 0 Å². The van der Waals surface area contributed by atoms with E-state index in [0.29, 0.717) is 17.1 Å². The molecule has 2 N–H and O–H groups in total. The van der Waals surface area contributed by atoms with Gasteiger partial charge >= 0.3 is 0 Å². The number of quaternary nitrogens is 1. The van der Waals surface area contributed by atoms with E-state index in [1.807, 2.05) is 19.1 Å². The zero-order valence-corrected chi connectivity index (χ0v) is 15.2. The van der Waals surface area contributed by atoms with Crippen molar-refractivity contribution < 1.29 is 13.7 Å². The highest BCUT2D eigenvalue weighted by molar-refractivity contribution is 5.99. The summed E-state index contributed by atoms with van der Waals surface area (Å²) in [5, 5.41) is 4.26. The third kappa shape index (κ3) is 4.38. The van der Waals surface area contributed by atoms with Crippen molar-refractivity contribution in [2.75, 3.05) is 43.0 Å². The molecule has 2 aromatic carbocycles. The summed E-state index contributed by atoms with van der Waals surface area (Å²) in [4.78, 5) is 3.68. The smallest absolute Gasteiger partial charge is 0.147 e. The fraction of sp³-hybridized carbons (Fsp3) is 0.350. The number of hydrogen-bond donors (Lipinski definition) is 2. The molecule has 0 saturated carbocycles. The number of nitrogens with zero attached hydrogens (tertiary/aromatic N) is 2. The number of anilines is 2. The molecule has 1 aliphatic rings. The average molecular weight is 359 g/mol. The quantitative estimate of drug-likeness (QED) is 0.635. The molecule has 0 unspecified atom stereocenters. The van der Waals surface area contributed by atoms with E-state index < -0.39 is 0 Å². The van der Waals surface area contributed by atoms with Crippen LogP contribution in [0.2, 0.25) is 0 Å². The summed E-state index contributed by atoms with van der Waals surface area (Å²) >= 11 is 0. The number of rotatable bonds is 5. The fourth-order valence-corrected chi connectivity index (χ4v) is 3.14. The third-order valence-electron chi connectivity index (χ3n) is 4.87. The highest BCUT2D eigenvalue weighted by Crippen LogP contribution is 2.21. The molecule has 1 fully saturated rings. The van der Waals surface area contributed by atoms with Gasteiger partial charge in [0.25, 0.3) is 0 Å². The van der Waals surface area contributed by atoms with Crippen LogP contribution in [0.3, 0.4) is 0 Å². The second-order valence-corrected chi connectivity index (χ2v) is 6.57. The van der Waals surface area contributed by atoms with Crippen molar-refractivity contribution >= 4 is 17.1 Å². The molecule has 2 aromatic rings. The second kappa shape index (κ2) is 8.27. The maximum Gasteiger partial charge on any atom is 0.147 e. The van der Waals surface area contributed by atoms with Gasteiger partial charge in [0.05, 0.1) is 49.8 Å². The highest BCUT2D eigenvalue weighted by Gasteiger charge is 2.21. The summed E-state index contributed by atoms with van der Waals surface area (Å²) in [5.74, 6) is -0.519. The van der Waals surface area contributed by atoms with Gasteiger partial charge in [-0.05, 0) is 50.2 Å². The Morgan fingerprint density at radius 3 is 2.42 bits per heavy atom. The van der Waals surface area contributed by atoms with E-state index in [9.17, 15) is 8.78 Å². The van der Waals surface area contributed by atoms with E-state index in [0.717, 1.165) is 38.3 Å². The minimum Gasteiger partial charge on any atom is -0.358 e. The topological polar surface area (TPSA) is 32.1 Å². The lowest BCUT2D eigenvalue weighted by atomic mass is 10.1. The van der Waals surface area contributed by atoms with Crippen molar-refractivity contribution in [2.24, 2.45) is 5.10 Å². The molecule has 0 spiro atoms. The fourth-order valence-electron chi connectivity index (χ4n) is 3.14. The Balaban J connectivity index is 1.68. The van der Waals surface area contributed by atoms with Crippen molar-refractivity contribution in [3.05, 3.63) is 59.7 Å². The van der Waals surface area contributed by atoms with Gasteiger partial charge in [-0.2, -0.15) is 5.10 Å². The number of halogens is 2. The normalized spacial score (nSPS) is 16.0. The molecule has 0 amide bonds. The first-order valence-electron chi connectivity index (χ1n) is 9.01. The first-order valence-corrected chi connectivity index (χ1v) is 9.01. The Kier molecular flexibility index (Phi) is 5.83. The van der Waals surface area contributed by atoms with Gasteiger partial charge in [-0.3, -0.25) is 5.43 Å². The van der Waals surface area contributed by atoms with Gasteiger partial charge in [-0.25, -0.2) is 8.78 Å². The van der Waals surface area contributed by atoms with E-state index in [4.69, 9.17) is 0 Å². The van der Waals surface area contributed by atoms with Crippen molar-refractivity contribution in [2.45, 2.75) is 13.8 Å². The Morgan fingerprint density at radius 2 is 1.81 bits per heavy atom. The molecule has 0 radical (unpaired) electrons. The summed E-state index contributed by atoms with van der Waals surface area (Å²) in [6.07, 6.45) is 0. The minimum atomic E-state index is -0.296. The standard InChI is InChI=1S/C20H24F2N4/c1-3-25-10-12-26(13-11-25)20-9-4-16(14-19(20)22)15(2)23-24-18-7-5-17(21)6-8-18/h4-9,14,24H,3,10-13H2,1-2H3/p+1/b23-15-. The van der Waals surface area contributed by atoms with E-state index in [2.05, 4.69) is 22.4 Å². The number of hydrazone groups is 1. The number of likely N-dealkylation sites (N-methyl/N-ethyl adjacent to an activating group) is 1.